The summed E-state index contributed by atoms with van der Waals surface area (Å²) in [6, 6.07) is 9.06. The Hall–Kier alpha value is -6.93. The number of ether oxygens (including phenoxy) is 2. The molecule has 2 atom stereocenters. The van der Waals surface area contributed by atoms with Gasteiger partial charge in [0.25, 0.3) is 23.3 Å². The number of carboxylic acids is 1. The molecule has 6 rings (SSSR count). The number of hydrogen-bond donors (Lipinski definition) is 8. The number of anilines is 2. The highest BCUT2D eigenvalue weighted by Gasteiger charge is 2.45. The molecular formula is C39H43N9O11. The first-order valence-corrected chi connectivity index (χ1v) is 18.9. The van der Waals surface area contributed by atoms with Crippen molar-refractivity contribution >= 4 is 64.1 Å². The van der Waals surface area contributed by atoms with Crippen LogP contribution in [0, 0.1) is 0 Å². The summed E-state index contributed by atoms with van der Waals surface area (Å²) in [6.45, 7) is 1.32. The topological polar surface area (TPSA) is 297 Å². The monoisotopic (exact) mass is 813 g/mol. The van der Waals surface area contributed by atoms with Gasteiger partial charge in [0.05, 0.1) is 42.9 Å². The second-order valence-electron chi connectivity index (χ2n) is 13.8. The molecule has 2 aromatic heterocycles. The van der Waals surface area contributed by atoms with Crippen molar-refractivity contribution in [3.63, 3.8) is 0 Å². The van der Waals surface area contributed by atoms with E-state index in [1.54, 1.807) is 42.6 Å². The van der Waals surface area contributed by atoms with E-state index in [1.807, 2.05) is 0 Å². The van der Waals surface area contributed by atoms with Crippen LogP contribution in [0.15, 0.2) is 53.5 Å². The zero-order valence-electron chi connectivity index (χ0n) is 31.8. The van der Waals surface area contributed by atoms with Gasteiger partial charge in [-0.3, -0.25) is 48.8 Å². The highest BCUT2D eigenvalue weighted by molar-refractivity contribution is 6.25. The predicted molar refractivity (Wildman–Crippen MR) is 209 cm³/mol. The van der Waals surface area contributed by atoms with Gasteiger partial charge < -0.3 is 41.2 Å². The van der Waals surface area contributed by atoms with Gasteiger partial charge in [-0.2, -0.15) is 4.98 Å². The van der Waals surface area contributed by atoms with Crippen LogP contribution in [0.1, 0.15) is 67.9 Å². The lowest BCUT2D eigenvalue weighted by atomic mass is 10.0. The quantitative estimate of drug-likeness (QED) is 0.0438. The van der Waals surface area contributed by atoms with Crippen LogP contribution >= 0.6 is 0 Å². The number of hydrogen-bond acceptors (Lipinski definition) is 13. The molecule has 20 nitrogen and oxygen atoms in total. The van der Waals surface area contributed by atoms with Crippen molar-refractivity contribution in [1.82, 2.24) is 35.8 Å². The third-order valence-corrected chi connectivity index (χ3v) is 9.78. The summed E-state index contributed by atoms with van der Waals surface area (Å²) in [5, 5.41) is 20.5. The van der Waals surface area contributed by atoms with Gasteiger partial charge in [0.15, 0.2) is 0 Å². The van der Waals surface area contributed by atoms with E-state index in [-0.39, 0.29) is 86.9 Å². The number of aromatic nitrogens is 3. The Balaban J connectivity index is 0.830. The van der Waals surface area contributed by atoms with E-state index in [9.17, 15) is 43.5 Å². The van der Waals surface area contributed by atoms with E-state index in [0.29, 0.717) is 36.1 Å². The van der Waals surface area contributed by atoms with Crippen LogP contribution in [0.5, 0.6) is 0 Å². The maximum atomic E-state index is 13.2. The van der Waals surface area contributed by atoms with Gasteiger partial charge in [0, 0.05) is 43.4 Å². The van der Waals surface area contributed by atoms with Crippen molar-refractivity contribution in [1.29, 1.82) is 0 Å². The SMILES string of the molecule is Nc1nc2[nH]cc(CCc3ccc(C(=O)N[C@@H](CCC(=O)NCCOCCOCCNc4cccc5c4C(=O)N(C4CCC(=O)NC4=O)C5=O)C(=O)O)cc3)c2c(=O)[nH]1. The van der Waals surface area contributed by atoms with Crippen molar-refractivity contribution in [2.24, 2.45) is 0 Å². The predicted octanol–water partition coefficient (Wildman–Crippen LogP) is 0.245. The van der Waals surface area contributed by atoms with Crippen LogP contribution in [0.4, 0.5) is 11.6 Å². The lowest BCUT2D eigenvalue weighted by Crippen LogP contribution is -2.54. The molecule has 1 fully saturated rings. The fourth-order valence-electron chi connectivity index (χ4n) is 6.79. The largest absolute Gasteiger partial charge is 0.480 e. The van der Waals surface area contributed by atoms with E-state index in [1.165, 1.54) is 6.07 Å². The third kappa shape index (κ3) is 10.1. The average molecular weight is 814 g/mol. The van der Waals surface area contributed by atoms with E-state index in [2.05, 4.69) is 36.2 Å². The smallest absolute Gasteiger partial charge is 0.326 e. The first-order chi connectivity index (χ1) is 28.4. The number of fused-ring (bicyclic) bond motifs is 2. The summed E-state index contributed by atoms with van der Waals surface area (Å²) in [7, 11) is 0. The number of H-pyrrole nitrogens is 2. The van der Waals surface area contributed by atoms with Gasteiger partial charge in [-0.1, -0.05) is 18.2 Å². The molecule has 4 aromatic rings. The number of carboxylic acid groups (broad SMARTS) is 1. The minimum Gasteiger partial charge on any atom is -0.480 e. The molecule has 1 saturated heterocycles. The molecule has 1 unspecified atom stereocenters. The van der Waals surface area contributed by atoms with Crippen molar-refractivity contribution in [3.8, 4) is 0 Å². The number of aliphatic carboxylic acids is 1. The van der Waals surface area contributed by atoms with Gasteiger partial charge in [-0.15, -0.1) is 0 Å². The Kier molecular flexibility index (Phi) is 13.4. The number of carbonyl (C=O) groups excluding carboxylic acids is 6. The van der Waals surface area contributed by atoms with Crippen LogP contribution < -0.4 is 32.6 Å². The Morgan fingerprint density at radius 1 is 0.949 bits per heavy atom. The fraction of sp³-hybridized carbons (Fsp3) is 0.359. The lowest BCUT2D eigenvalue weighted by Gasteiger charge is -2.27. The number of rotatable bonds is 20. The van der Waals surface area contributed by atoms with E-state index in [4.69, 9.17) is 15.2 Å². The van der Waals surface area contributed by atoms with Gasteiger partial charge in [-0.25, -0.2) is 4.79 Å². The highest BCUT2D eigenvalue weighted by Crippen LogP contribution is 2.32. The van der Waals surface area contributed by atoms with E-state index < -0.39 is 53.5 Å². The molecule has 6 amide bonds. The molecule has 9 N–H and O–H groups in total. The van der Waals surface area contributed by atoms with Crippen LogP contribution in [0.3, 0.4) is 0 Å². The minimum atomic E-state index is -1.29. The summed E-state index contributed by atoms with van der Waals surface area (Å²) in [5.74, 6) is -4.61. The molecule has 20 heteroatoms. The summed E-state index contributed by atoms with van der Waals surface area (Å²) >= 11 is 0. The van der Waals surface area contributed by atoms with Crippen LogP contribution in [-0.4, -0.2) is 118 Å². The Labute approximate surface area is 335 Å². The van der Waals surface area contributed by atoms with Crippen molar-refractivity contribution in [3.05, 3.63) is 86.8 Å². The van der Waals surface area contributed by atoms with E-state index in [0.717, 1.165) is 16.0 Å². The van der Waals surface area contributed by atoms with Crippen LogP contribution in [0.25, 0.3) is 11.0 Å². The second-order valence-corrected chi connectivity index (χ2v) is 13.8. The highest BCUT2D eigenvalue weighted by atomic mass is 16.5. The van der Waals surface area contributed by atoms with E-state index >= 15 is 0 Å². The first-order valence-electron chi connectivity index (χ1n) is 18.9. The molecule has 59 heavy (non-hydrogen) atoms. The third-order valence-electron chi connectivity index (χ3n) is 9.78. The Bertz CT molecular complexity index is 2320. The number of nitrogen functional groups attached to an aromatic ring is 1. The van der Waals surface area contributed by atoms with Crippen molar-refractivity contribution in [2.75, 3.05) is 50.6 Å². The number of imide groups is 2. The number of carbonyl (C=O) groups is 7. The minimum absolute atomic E-state index is 0.0184. The number of nitrogens with one attached hydrogen (secondary N) is 6. The molecule has 2 aliphatic heterocycles. The summed E-state index contributed by atoms with van der Waals surface area (Å²) in [4.78, 5) is 110. The lowest BCUT2D eigenvalue weighted by molar-refractivity contribution is -0.140. The number of amides is 6. The normalized spacial score (nSPS) is 15.5. The molecule has 0 aliphatic carbocycles. The number of piperidine rings is 1. The second kappa shape index (κ2) is 19.0. The number of nitrogens with zero attached hydrogens (tertiary/aromatic N) is 2. The van der Waals surface area contributed by atoms with Crippen molar-refractivity contribution < 1.29 is 48.1 Å². The molecule has 310 valence electrons. The number of aryl methyl sites for hydroxylation is 2. The van der Waals surface area contributed by atoms with Gasteiger partial charge in [0.1, 0.15) is 17.7 Å². The van der Waals surface area contributed by atoms with Gasteiger partial charge >= 0.3 is 5.97 Å². The zero-order chi connectivity index (χ0) is 42.1. The standard InChI is InChI=1S/C39H43N9O11/c40-39-46-32-30(35(53)47-39)23(20-43-32)9-6-21-4-7-22(8-5-21)33(51)44-26(38(56)57)10-12-28(49)42-15-17-59-19-18-58-16-14-41-25-3-1-2-24-31(25)37(55)48(36(24)54)27-11-13-29(50)45-34(27)52/h1-5,7-8,20,26-27,41H,6,9-19H2,(H,42,49)(H,44,51)(H,56,57)(H,45,50,52)(H4,40,43,46,47,53)/t26-,27?/m0/s1. The summed E-state index contributed by atoms with van der Waals surface area (Å²) in [5.41, 5.74) is 8.30. The van der Waals surface area contributed by atoms with Gasteiger partial charge in [-0.05, 0) is 61.1 Å². The number of nitrogens with two attached hydrogens (primary N) is 1. The van der Waals surface area contributed by atoms with Crippen LogP contribution in [-0.2, 0) is 41.5 Å². The van der Waals surface area contributed by atoms with Gasteiger partial charge in [0.2, 0.25) is 23.7 Å². The van der Waals surface area contributed by atoms with Crippen molar-refractivity contribution in [2.45, 2.75) is 50.6 Å². The summed E-state index contributed by atoms with van der Waals surface area (Å²) in [6.07, 6.45) is 2.60. The number of benzene rings is 2. The molecular weight excluding hydrogens is 770 g/mol. The molecule has 0 bridgehead atoms. The average Bonchev–Trinajstić information content (AvgIpc) is 3.73. The maximum absolute atomic E-state index is 13.2. The Morgan fingerprint density at radius 3 is 2.42 bits per heavy atom. The molecule has 0 saturated carbocycles. The maximum Gasteiger partial charge on any atom is 0.326 e. The Morgan fingerprint density at radius 2 is 1.69 bits per heavy atom. The van der Waals surface area contributed by atoms with Crippen LogP contribution in [0.2, 0.25) is 0 Å². The number of aromatic amines is 2. The zero-order valence-corrected chi connectivity index (χ0v) is 31.8. The molecule has 4 heterocycles. The molecule has 2 aliphatic rings. The fourth-order valence-corrected chi connectivity index (χ4v) is 6.79. The molecule has 0 spiro atoms. The first kappa shape index (κ1) is 41.7. The molecule has 2 aromatic carbocycles. The summed E-state index contributed by atoms with van der Waals surface area (Å²) < 4.78 is 11.0. The molecule has 0 radical (unpaired) electrons.